The molecule has 4 rings (SSSR count). The van der Waals surface area contributed by atoms with Crippen LogP contribution < -0.4 is 5.32 Å². The third-order valence-corrected chi connectivity index (χ3v) is 4.55. The number of fused-ring (bicyclic) bond motifs is 1. The van der Waals surface area contributed by atoms with Gasteiger partial charge in [-0.05, 0) is 49.6 Å². The Labute approximate surface area is 141 Å². The summed E-state index contributed by atoms with van der Waals surface area (Å²) in [6, 6.07) is 12.1. The van der Waals surface area contributed by atoms with E-state index in [1.807, 2.05) is 36.5 Å². The Morgan fingerprint density at radius 2 is 2.17 bits per heavy atom. The minimum atomic E-state index is 0.637. The van der Waals surface area contributed by atoms with Crippen LogP contribution in [-0.2, 0) is 6.54 Å². The van der Waals surface area contributed by atoms with Gasteiger partial charge in [0.1, 0.15) is 11.3 Å². The minimum Gasteiger partial charge on any atom is -0.439 e. The molecule has 1 atom stereocenters. The van der Waals surface area contributed by atoms with Crippen LogP contribution in [-0.4, -0.2) is 34.5 Å². The number of nitrogens with one attached hydrogen (secondary N) is 1. The molecule has 1 aliphatic rings. The smallest absolute Gasteiger partial charge is 0.209 e. The Hall–Kier alpha value is -2.40. The van der Waals surface area contributed by atoms with Gasteiger partial charge >= 0.3 is 0 Å². The number of rotatable bonds is 5. The summed E-state index contributed by atoms with van der Waals surface area (Å²) in [6.45, 7) is 5.95. The number of anilines is 1. The van der Waals surface area contributed by atoms with Crippen molar-refractivity contribution in [2.45, 2.75) is 19.9 Å². The molecule has 3 heterocycles. The Balaban J connectivity index is 1.30. The number of hydrogen-bond acceptors (Lipinski definition) is 5. The van der Waals surface area contributed by atoms with Crippen LogP contribution in [0.25, 0.3) is 11.1 Å². The van der Waals surface area contributed by atoms with Crippen LogP contribution in [0.5, 0.6) is 0 Å². The highest BCUT2D eigenvalue weighted by atomic mass is 16.3. The van der Waals surface area contributed by atoms with Crippen molar-refractivity contribution in [3.05, 3.63) is 54.0 Å². The molecule has 2 aromatic heterocycles. The average Bonchev–Trinajstić information content (AvgIpc) is 3.20. The second-order valence-corrected chi connectivity index (χ2v) is 6.57. The van der Waals surface area contributed by atoms with Gasteiger partial charge in [-0.1, -0.05) is 18.2 Å². The summed E-state index contributed by atoms with van der Waals surface area (Å²) >= 11 is 0. The zero-order chi connectivity index (χ0) is 16.4. The number of nitrogens with zero attached hydrogens (tertiary/aromatic N) is 3. The lowest BCUT2D eigenvalue weighted by Gasteiger charge is -2.14. The monoisotopic (exact) mass is 322 g/mol. The maximum Gasteiger partial charge on any atom is 0.209 e. The van der Waals surface area contributed by atoms with Crippen molar-refractivity contribution in [1.82, 2.24) is 14.9 Å². The van der Waals surface area contributed by atoms with E-state index in [9.17, 15) is 0 Å². The Morgan fingerprint density at radius 3 is 3.00 bits per heavy atom. The molecule has 124 valence electrons. The van der Waals surface area contributed by atoms with Gasteiger partial charge in [-0.25, -0.2) is 9.97 Å². The SMILES string of the molecule is Cc1ccc(NC[C@H]2CCN(Cc3nc4ccccc4o3)C2)nc1. The fourth-order valence-corrected chi connectivity index (χ4v) is 3.22. The quantitative estimate of drug-likeness (QED) is 0.779. The molecule has 0 saturated carbocycles. The number of oxazole rings is 1. The molecular formula is C19H22N4O. The number of aromatic nitrogens is 2. The van der Waals surface area contributed by atoms with Crippen molar-refractivity contribution in [3.63, 3.8) is 0 Å². The Kier molecular flexibility index (Phi) is 4.17. The fraction of sp³-hybridized carbons (Fsp3) is 0.368. The summed E-state index contributed by atoms with van der Waals surface area (Å²) in [7, 11) is 0. The zero-order valence-corrected chi connectivity index (χ0v) is 13.9. The first-order valence-corrected chi connectivity index (χ1v) is 8.49. The van der Waals surface area contributed by atoms with Crippen molar-refractivity contribution < 1.29 is 4.42 Å². The fourth-order valence-electron chi connectivity index (χ4n) is 3.22. The van der Waals surface area contributed by atoms with E-state index in [1.165, 1.54) is 12.0 Å². The van der Waals surface area contributed by atoms with Crippen LogP contribution in [0.4, 0.5) is 5.82 Å². The summed E-state index contributed by atoms with van der Waals surface area (Å²) < 4.78 is 5.83. The number of para-hydroxylation sites is 2. The second kappa shape index (κ2) is 6.61. The van der Waals surface area contributed by atoms with Gasteiger partial charge in [0.15, 0.2) is 5.58 Å². The van der Waals surface area contributed by atoms with Gasteiger partial charge in [0.05, 0.1) is 6.54 Å². The number of likely N-dealkylation sites (tertiary alicyclic amines) is 1. The van der Waals surface area contributed by atoms with Crippen molar-refractivity contribution in [2.24, 2.45) is 5.92 Å². The first-order valence-electron chi connectivity index (χ1n) is 8.49. The molecule has 1 aromatic carbocycles. The molecule has 3 aromatic rings. The van der Waals surface area contributed by atoms with Gasteiger partial charge in [0.2, 0.25) is 5.89 Å². The largest absolute Gasteiger partial charge is 0.439 e. The highest BCUT2D eigenvalue weighted by Crippen LogP contribution is 2.21. The van der Waals surface area contributed by atoms with Crippen LogP contribution in [0, 0.1) is 12.8 Å². The van der Waals surface area contributed by atoms with Gasteiger partial charge in [-0.3, -0.25) is 4.90 Å². The molecule has 1 saturated heterocycles. The molecule has 5 heteroatoms. The van der Waals surface area contributed by atoms with Gasteiger partial charge in [0, 0.05) is 19.3 Å². The molecule has 0 aliphatic carbocycles. The molecule has 1 fully saturated rings. The lowest BCUT2D eigenvalue weighted by atomic mass is 10.1. The van der Waals surface area contributed by atoms with E-state index in [2.05, 4.69) is 33.2 Å². The molecule has 24 heavy (non-hydrogen) atoms. The van der Waals surface area contributed by atoms with Crippen molar-refractivity contribution in [3.8, 4) is 0 Å². The molecule has 0 unspecified atom stereocenters. The van der Waals surface area contributed by atoms with Crippen LogP contribution in [0.2, 0.25) is 0 Å². The average molecular weight is 322 g/mol. The van der Waals surface area contributed by atoms with Crippen molar-refractivity contribution in [1.29, 1.82) is 0 Å². The van der Waals surface area contributed by atoms with E-state index in [-0.39, 0.29) is 0 Å². The number of hydrogen-bond donors (Lipinski definition) is 1. The highest BCUT2D eigenvalue weighted by Gasteiger charge is 2.23. The number of benzene rings is 1. The molecule has 0 amide bonds. The van der Waals surface area contributed by atoms with E-state index in [1.54, 1.807) is 0 Å². The normalized spacial score (nSPS) is 18.3. The predicted molar refractivity (Wildman–Crippen MR) is 94.9 cm³/mol. The van der Waals surface area contributed by atoms with Crippen LogP contribution in [0.15, 0.2) is 47.0 Å². The Morgan fingerprint density at radius 1 is 1.25 bits per heavy atom. The Bertz CT molecular complexity index is 779. The molecule has 1 N–H and O–H groups in total. The number of pyridine rings is 1. The van der Waals surface area contributed by atoms with Crippen LogP contribution >= 0.6 is 0 Å². The molecule has 1 aliphatic heterocycles. The molecule has 5 nitrogen and oxygen atoms in total. The number of aryl methyl sites for hydroxylation is 1. The van der Waals surface area contributed by atoms with E-state index >= 15 is 0 Å². The van der Waals surface area contributed by atoms with Gasteiger partial charge in [-0.2, -0.15) is 0 Å². The maximum atomic E-state index is 5.83. The van der Waals surface area contributed by atoms with Crippen LogP contribution in [0.1, 0.15) is 17.9 Å². The first kappa shape index (κ1) is 15.1. The predicted octanol–water partition coefficient (Wildman–Crippen LogP) is 3.47. The summed E-state index contributed by atoms with van der Waals surface area (Å²) in [4.78, 5) is 11.4. The van der Waals surface area contributed by atoms with E-state index in [4.69, 9.17) is 4.42 Å². The third-order valence-electron chi connectivity index (χ3n) is 4.55. The lowest BCUT2D eigenvalue weighted by Crippen LogP contribution is -2.23. The summed E-state index contributed by atoms with van der Waals surface area (Å²) in [5, 5.41) is 3.44. The minimum absolute atomic E-state index is 0.637. The zero-order valence-electron chi connectivity index (χ0n) is 13.9. The highest BCUT2D eigenvalue weighted by molar-refractivity contribution is 5.72. The van der Waals surface area contributed by atoms with Gasteiger partial charge in [-0.15, -0.1) is 0 Å². The molecule has 0 radical (unpaired) electrons. The molecule has 0 bridgehead atoms. The van der Waals surface area contributed by atoms with Crippen LogP contribution in [0.3, 0.4) is 0 Å². The van der Waals surface area contributed by atoms with E-state index in [0.717, 1.165) is 49.0 Å². The van der Waals surface area contributed by atoms with E-state index < -0.39 is 0 Å². The first-order chi connectivity index (χ1) is 11.8. The third kappa shape index (κ3) is 3.41. The lowest BCUT2D eigenvalue weighted by molar-refractivity contribution is 0.286. The standard InChI is InChI=1S/C19H22N4O/c1-14-6-7-18(20-10-14)21-11-15-8-9-23(12-15)13-19-22-16-4-2-3-5-17(16)24-19/h2-7,10,15H,8-9,11-13H2,1H3,(H,20,21)/t15-/m1/s1. The molecule has 0 spiro atoms. The van der Waals surface area contributed by atoms with Crippen molar-refractivity contribution in [2.75, 3.05) is 25.0 Å². The topological polar surface area (TPSA) is 54.2 Å². The van der Waals surface area contributed by atoms with E-state index in [0.29, 0.717) is 5.92 Å². The second-order valence-electron chi connectivity index (χ2n) is 6.57. The summed E-state index contributed by atoms with van der Waals surface area (Å²) in [6.07, 6.45) is 3.09. The summed E-state index contributed by atoms with van der Waals surface area (Å²) in [5.41, 5.74) is 3.00. The maximum absolute atomic E-state index is 5.83. The summed E-state index contributed by atoms with van der Waals surface area (Å²) in [5.74, 6) is 2.40. The van der Waals surface area contributed by atoms with Gasteiger partial charge < -0.3 is 9.73 Å². The molecular weight excluding hydrogens is 300 g/mol. The van der Waals surface area contributed by atoms with Gasteiger partial charge in [0.25, 0.3) is 0 Å². The van der Waals surface area contributed by atoms with Crippen molar-refractivity contribution >= 4 is 16.9 Å².